The van der Waals surface area contributed by atoms with Crippen LogP contribution in [0, 0.1) is 0 Å². The van der Waals surface area contributed by atoms with E-state index in [1.807, 2.05) is 19.9 Å². The van der Waals surface area contributed by atoms with Gasteiger partial charge in [-0.3, -0.25) is 19.5 Å². The summed E-state index contributed by atoms with van der Waals surface area (Å²) in [6, 6.07) is 6.60. The number of nitrogens with one attached hydrogen (secondary N) is 2. The minimum atomic E-state index is -0.520. The molecular formula is C20H26N4O4S. The number of imide groups is 1. The lowest BCUT2D eigenvalue weighted by atomic mass is 10.2. The van der Waals surface area contributed by atoms with Gasteiger partial charge in [-0.2, -0.15) is 0 Å². The van der Waals surface area contributed by atoms with Gasteiger partial charge >= 0.3 is 6.03 Å². The second-order valence-electron chi connectivity index (χ2n) is 7.08. The van der Waals surface area contributed by atoms with Crippen LogP contribution in [-0.4, -0.2) is 46.0 Å². The third-order valence-electron chi connectivity index (χ3n) is 4.81. The summed E-state index contributed by atoms with van der Waals surface area (Å²) in [4.78, 5) is 41.6. The summed E-state index contributed by atoms with van der Waals surface area (Å²) in [5.41, 5.74) is 0.432. The molecule has 9 heteroatoms. The van der Waals surface area contributed by atoms with Crippen LogP contribution in [0.5, 0.6) is 0 Å². The molecule has 8 nitrogen and oxygen atoms in total. The Morgan fingerprint density at radius 2 is 2.17 bits per heavy atom. The van der Waals surface area contributed by atoms with Crippen LogP contribution in [0.3, 0.4) is 0 Å². The number of benzene rings is 1. The number of carbonyl (C=O) groups excluding carboxylic acids is 2. The molecule has 1 aromatic heterocycles. The third kappa shape index (κ3) is 5.57. The maximum atomic E-state index is 13.0. The van der Waals surface area contributed by atoms with Crippen molar-refractivity contribution >= 4 is 34.6 Å². The number of nitrogens with zero attached hydrogens (tertiary/aromatic N) is 2. The first-order chi connectivity index (χ1) is 14.0. The monoisotopic (exact) mass is 418 g/mol. The van der Waals surface area contributed by atoms with E-state index in [9.17, 15) is 14.4 Å². The van der Waals surface area contributed by atoms with Crippen LogP contribution >= 0.6 is 11.8 Å². The van der Waals surface area contributed by atoms with E-state index in [1.165, 1.54) is 0 Å². The number of hydrogen-bond donors (Lipinski definition) is 2. The van der Waals surface area contributed by atoms with E-state index in [1.54, 1.807) is 22.8 Å². The molecule has 1 aliphatic rings. The van der Waals surface area contributed by atoms with Crippen LogP contribution in [0.1, 0.15) is 33.1 Å². The van der Waals surface area contributed by atoms with Gasteiger partial charge in [0.15, 0.2) is 5.16 Å². The topological polar surface area (TPSA) is 102 Å². The van der Waals surface area contributed by atoms with Gasteiger partial charge < -0.3 is 10.1 Å². The highest BCUT2D eigenvalue weighted by Crippen LogP contribution is 2.20. The van der Waals surface area contributed by atoms with E-state index in [2.05, 4.69) is 15.6 Å². The molecule has 1 fully saturated rings. The van der Waals surface area contributed by atoms with E-state index >= 15 is 0 Å². The first-order valence-electron chi connectivity index (χ1n) is 9.82. The molecule has 156 valence electrons. The van der Waals surface area contributed by atoms with Crippen molar-refractivity contribution in [2.24, 2.45) is 0 Å². The van der Waals surface area contributed by atoms with Crippen LogP contribution in [0.2, 0.25) is 0 Å². The Bertz CT molecular complexity index is 940. The number of ether oxygens (including phenoxy) is 1. The zero-order valence-corrected chi connectivity index (χ0v) is 17.5. The minimum absolute atomic E-state index is 0.0193. The van der Waals surface area contributed by atoms with Crippen molar-refractivity contribution in [1.29, 1.82) is 0 Å². The Kier molecular flexibility index (Phi) is 7.27. The van der Waals surface area contributed by atoms with Crippen LogP contribution in [0.25, 0.3) is 10.9 Å². The van der Waals surface area contributed by atoms with E-state index in [0.717, 1.165) is 31.0 Å². The average molecular weight is 419 g/mol. The normalized spacial score (nSPS) is 17.2. The number of rotatable bonds is 7. The fraction of sp³-hybridized carbons (Fsp3) is 0.500. The summed E-state index contributed by atoms with van der Waals surface area (Å²) in [5.74, 6) is -0.466. The Morgan fingerprint density at radius 3 is 2.90 bits per heavy atom. The van der Waals surface area contributed by atoms with Gasteiger partial charge in [0.1, 0.15) is 0 Å². The molecule has 2 atom stereocenters. The quantitative estimate of drug-likeness (QED) is 0.528. The number of fused-ring (bicyclic) bond motifs is 1. The number of urea groups is 1. The molecule has 0 saturated carbocycles. The number of thioether (sulfide) groups is 1. The largest absolute Gasteiger partial charge is 0.376 e. The fourth-order valence-corrected chi connectivity index (χ4v) is 3.87. The average Bonchev–Trinajstić information content (AvgIpc) is 3.22. The molecule has 3 rings (SSSR count). The van der Waals surface area contributed by atoms with Gasteiger partial charge in [0, 0.05) is 12.6 Å². The highest BCUT2D eigenvalue weighted by molar-refractivity contribution is 7.99. The molecule has 29 heavy (non-hydrogen) atoms. The summed E-state index contributed by atoms with van der Waals surface area (Å²) in [7, 11) is 0. The van der Waals surface area contributed by atoms with Crippen molar-refractivity contribution in [3.8, 4) is 0 Å². The zero-order chi connectivity index (χ0) is 20.8. The molecule has 0 aliphatic carbocycles. The van der Waals surface area contributed by atoms with Gasteiger partial charge in [0.2, 0.25) is 5.91 Å². The maximum absolute atomic E-state index is 13.0. The van der Waals surface area contributed by atoms with Crippen molar-refractivity contribution in [2.45, 2.75) is 57.0 Å². The number of aromatic nitrogens is 2. The van der Waals surface area contributed by atoms with Gasteiger partial charge in [-0.25, -0.2) is 9.78 Å². The molecule has 0 unspecified atom stereocenters. The summed E-state index contributed by atoms with van der Waals surface area (Å²) < 4.78 is 7.25. The molecular weight excluding hydrogens is 392 g/mol. The predicted molar refractivity (Wildman–Crippen MR) is 112 cm³/mol. The molecule has 1 aromatic carbocycles. The lowest BCUT2D eigenvalue weighted by molar-refractivity contribution is -0.117. The highest BCUT2D eigenvalue weighted by atomic mass is 32.2. The van der Waals surface area contributed by atoms with Crippen LogP contribution in [0.15, 0.2) is 34.2 Å². The first kappa shape index (κ1) is 21.3. The Labute approximate surface area is 173 Å². The molecule has 2 N–H and O–H groups in total. The first-order valence-corrected chi connectivity index (χ1v) is 10.8. The smallest absolute Gasteiger partial charge is 0.321 e. The summed E-state index contributed by atoms with van der Waals surface area (Å²) >= 11 is 1.14. The summed E-state index contributed by atoms with van der Waals surface area (Å²) in [5, 5.41) is 5.97. The number of amides is 3. The van der Waals surface area contributed by atoms with Gasteiger partial charge in [-0.15, -0.1) is 0 Å². The molecule has 0 spiro atoms. The van der Waals surface area contributed by atoms with Crippen molar-refractivity contribution in [3.05, 3.63) is 34.6 Å². The molecule has 2 heterocycles. The minimum Gasteiger partial charge on any atom is -0.376 e. The van der Waals surface area contributed by atoms with Crippen LogP contribution < -0.4 is 16.2 Å². The van der Waals surface area contributed by atoms with Gasteiger partial charge in [-0.1, -0.05) is 30.8 Å². The molecule has 0 bridgehead atoms. The van der Waals surface area contributed by atoms with E-state index in [4.69, 9.17) is 4.74 Å². The SMILES string of the molecule is CC[C@H](C)NC(=O)NC(=O)CSc1nc2ccccc2c(=O)n1C[C@H]1CCCO1. The summed E-state index contributed by atoms with van der Waals surface area (Å²) in [6.07, 6.45) is 2.59. The highest BCUT2D eigenvalue weighted by Gasteiger charge is 2.21. The second-order valence-corrected chi connectivity index (χ2v) is 8.02. The predicted octanol–water partition coefficient (Wildman–Crippen LogP) is 2.29. The lowest BCUT2D eigenvalue weighted by Gasteiger charge is -2.16. The maximum Gasteiger partial charge on any atom is 0.321 e. The molecule has 2 aromatic rings. The van der Waals surface area contributed by atoms with Gasteiger partial charge in [-0.05, 0) is 38.3 Å². The molecule has 1 saturated heterocycles. The van der Waals surface area contributed by atoms with Crippen LogP contribution in [0.4, 0.5) is 4.79 Å². The van der Waals surface area contributed by atoms with Crippen LogP contribution in [-0.2, 0) is 16.1 Å². The molecule has 1 aliphatic heterocycles. The third-order valence-corrected chi connectivity index (χ3v) is 5.79. The summed E-state index contributed by atoms with van der Waals surface area (Å²) in [6.45, 7) is 4.90. The number of carbonyl (C=O) groups is 2. The van der Waals surface area contributed by atoms with E-state index < -0.39 is 11.9 Å². The van der Waals surface area contributed by atoms with Crippen molar-refractivity contribution < 1.29 is 14.3 Å². The Morgan fingerprint density at radius 1 is 1.38 bits per heavy atom. The fourth-order valence-electron chi connectivity index (χ4n) is 3.07. The van der Waals surface area contributed by atoms with Crippen molar-refractivity contribution in [1.82, 2.24) is 20.2 Å². The lowest BCUT2D eigenvalue weighted by Crippen LogP contribution is -2.44. The zero-order valence-electron chi connectivity index (χ0n) is 16.6. The molecule has 0 radical (unpaired) electrons. The van der Waals surface area contributed by atoms with Crippen molar-refractivity contribution in [3.63, 3.8) is 0 Å². The molecule has 3 amide bonds. The van der Waals surface area contributed by atoms with E-state index in [-0.39, 0.29) is 23.5 Å². The van der Waals surface area contributed by atoms with E-state index in [0.29, 0.717) is 29.2 Å². The van der Waals surface area contributed by atoms with Crippen molar-refractivity contribution in [2.75, 3.05) is 12.4 Å². The Hall–Kier alpha value is -2.39. The number of hydrogen-bond acceptors (Lipinski definition) is 6. The van der Waals surface area contributed by atoms with Gasteiger partial charge in [0.25, 0.3) is 5.56 Å². The Balaban J connectivity index is 1.75. The second kappa shape index (κ2) is 9.89. The standard InChI is InChI=1S/C20H26N4O4S/c1-3-13(2)21-19(27)23-17(25)12-29-20-22-16-9-5-4-8-15(16)18(26)24(20)11-14-7-6-10-28-14/h4-5,8-9,13-14H,3,6-7,10-12H2,1-2H3,(H2,21,23,25,27)/t13-,14+/m0/s1. The number of para-hydroxylation sites is 1. The van der Waals surface area contributed by atoms with Gasteiger partial charge in [0.05, 0.1) is 29.3 Å².